The minimum absolute atomic E-state index is 0.269. The van der Waals surface area contributed by atoms with Crippen molar-refractivity contribution >= 4 is 17.1 Å². The highest BCUT2D eigenvalue weighted by atomic mass is 19.1. The van der Waals surface area contributed by atoms with Crippen LogP contribution in [0.15, 0.2) is 96.8 Å². The predicted octanol–water partition coefficient (Wildman–Crippen LogP) is 6.00. The summed E-state index contributed by atoms with van der Waals surface area (Å²) >= 11 is 0. The second-order valence-electron chi connectivity index (χ2n) is 7.56. The summed E-state index contributed by atoms with van der Waals surface area (Å²) < 4.78 is 16.0. The first kappa shape index (κ1) is 23.8. The first-order valence-electron chi connectivity index (χ1n) is 11.5. The molecule has 0 amide bonds. The lowest BCUT2D eigenvalue weighted by Crippen LogP contribution is -2.11. The molecule has 0 atom stereocenters. The quantitative estimate of drug-likeness (QED) is 0.363. The smallest absolute Gasteiger partial charge is 0.180 e. The predicted molar refractivity (Wildman–Crippen MR) is 140 cm³/mol. The molecule has 0 radical (unpaired) electrons. The van der Waals surface area contributed by atoms with E-state index < -0.39 is 0 Å². The maximum atomic E-state index is 14.3. The first-order chi connectivity index (χ1) is 17.2. The molecule has 4 aromatic rings. The monoisotopic (exact) mass is 466 g/mol. The van der Waals surface area contributed by atoms with Crippen molar-refractivity contribution in [1.29, 1.82) is 0 Å². The van der Waals surface area contributed by atoms with E-state index in [4.69, 9.17) is 0 Å². The SMILES string of the molecule is C=C(Nc1cnc(-c2cc(C3=NCC=C3)n(Cc3ccccc3F)n2)nc1)c1ccccc1.CC. The number of hydrogen-bond donors (Lipinski definition) is 1. The Morgan fingerprint density at radius 2 is 1.74 bits per heavy atom. The molecule has 1 aliphatic rings. The summed E-state index contributed by atoms with van der Waals surface area (Å²) in [5, 5.41) is 7.89. The molecule has 2 aromatic heterocycles. The molecule has 0 bridgehead atoms. The van der Waals surface area contributed by atoms with E-state index in [0.717, 1.165) is 28.4 Å². The Balaban J connectivity index is 0.00000141. The van der Waals surface area contributed by atoms with E-state index in [1.165, 1.54) is 6.07 Å². The van der Waals surface area contributed by atoms with E-state index in [9.17, 15) is 4.39 Å². The van der Waals surface area contributed by atoms with Crippen molar-refractivity contribution < 1.29 is 4.39 Å². The van der Waals surface area contributed by atoms with Crippen LogP contribution < -0.4 is 5.32 Å². The third kappa shape index (κ3) is 5.58. The summed E-state index contributed by atoms with van der Waals surface area (Å²) in [5.74, 6) is 0.205. The van der Waals surface area contributed by atoms with E-state index in [-0.39, 0.29) is 12.4 Å². The summed E-state index contributed by atoms with van der Waals surface area (Å²) in [4.78, 5) is 13.5. The van der Waals surface area contributed by atoms with Crippen molar-refractivity contribution in [1.82, 2.24) is 19.7 Å². The lowest BCUT2D eigenvalue weighted by Gasteiger charge is -2.09. The number of aliphatic imine (C=N–C) groups is 1. The third-order valence-electron chi connectivity index (χ3n) is 5.26. The van der Waals surface area contributed by atoms with Gasteiger partial charge in [0.2, 0.25) is 0 Å². The second-order valence-corrected chi connectivity index (χ2v) is 7.56. The number of allylic oxidation sites excluding steroid dienone is 1. The van der Waals surface area contributed by atoms with Gasteiger partial charge in [0.15, 0.2) is 5.82 Å². The number of aromatic nitrogens is 4. The fourth-order valence-electron chi connectivity index (χ4n) is 3.59. The molecule has 1 N–H and O–H groups in total. The normalized spacial score (nSPS) is 12.0. The van der Waals surface area contributed by atoms with Gasteiger partial charge < -0.3 is 5.32 Å². The van der Waals surface area contributed by atoms with Crippen LogP contribution in [0.2, 0.25) is 0 Å². The van der Waals surface area contributed by atoms with Crippen LogP contribution in [0, 0.1) is 5.82 Å². The van der Waals surface area contributed by atoms with Gasteiger partial charge in [0, 0.05) is 11.3 Å². The number of benzene rings is 2. The van der Waals surface area contributed by atoms with Gasteiger partial charge >= 0.3 is 0 Å². The highest BCUT2D eigenvalue weighted by Crippen LogP contribution is 2.21. The van der Waals surface area contributed by atoms with E-state index in [1.54, 1.807) is 29.2 Å². The first-order valence-corrected chi connectivity index (χ1v) is 11.5. The van der Waals surface area contributed by atoms with Gasteiger partial charge in [-0.1, -0.05) is 75.0 Å². The maximum absolute atomic E-state index is 14.3. The zero-order valence-electron chi connectivity index (χ0n) is 19.8. The Morgan fingerprint density at radius 1 is 1.03 bits per heavy atom. The van der Waals surface area contributed by atoms with Gasteiger partial charge in [-0.05, 0) is 23.8 Å². The van der Waals surface area contributed by atoms with Crippen LogP contribution in [0.5, 0.6) is 0 Å². The molecule has 176 valence electrons. The summed E-state index contributed by atoms with van der Waals surface area (Å²) in [5.41, 5.74) is 5.22. The van der Waals surface area contributed by atoms with Crippen LogP contribution in [-0.4, -0.2) is 32.0 Å². The van der Waals surface area contributed by atoms with Crippen molar-refractivity contribution in [3.05, 3.63) is 114 Å². The molecule has 0 saturated heterocycles. The van der Waals surface area contributed by atoms with E-state index in [2.05, 4.69) is 32.0 Å². The van der Waals surface area contributed by atoms with Crippen LogP contribution >= 0.6 is 0 Å². The Bertz CT molecular complexity index is 1350. The molecule has 0 unspecified atom stereocenters. The van der Waals surface area contributed by atoms with Crippen LogP contribution in [0.1, 0.15) is 30.7 Å². The molecule has 0 fully saturated rings. The minimum atomic E-state index is -0.269. The summed E-state index contributed by atoms with van der Waals surface area (Å²) in [6.45, 7) is 8.98. The molecular formula is C28H27FN6. The zero-order chi connectivity index (χ0) is 24.6. The molecule has 1 aliphatic heterocycles. The van der Waals surface area contributed by atoms with Crippen LogP contribution in [0.4, 0.5) is 10.1 Å². The largest absolute Gasteiger partial charge is 0.353 e. The summed E-state index contributed by atoms with van der Waals surface area (Å²) in [6.07, 6.45) is 7.31. The fraction of sp³-hybridized carbons (Fsp3) is 0.143. The molecular weight excluding hydrogens is 439 g/mol. The molecule has 0 saturated carbocycles. The number of nitrogens with one attached hydrogen (secondary N) is 1. The summed E-state index contributed by atoms with van der Waals surface area (Å²) in [7, 11) is 0. The average Bonchev–Trinajstić information content (AvgIpc) is 3.58. The summed E-state index contributed by atoms with van der Waals surface area (Å²) in [6, 6.07) is 18.4. The topological polar surface area (TPSA) is 68.0 Å². The lowest BCUT2D eigenvalue weighted by molar-refractivity contribution is 0.584. The Hall–Kier alpha value is -4.39. The molecule has 35 heavy (non-hydrogen) atoms. The zero-order valence-corrected chi connectivity index (χ0v) is 19.8. The molecule has 6 nitrogen and oxygen atoms in total. The molecule has 7 heteroatoms. The average molecular weight is 467 g/mol. The van der Waals surface area contributed by atoms with Gasteiger partial charge in [-0.2, -0.15) is 5.10 Å². The Kier molecular flexibility index (Phi) is 7.57. The highest BCUT2D eigenvalue weighted by Gasteiger charge is 2.17. The van der Waals surface area contributed by atoms with E-state index in [1.807, 2.05) is 68.5 Å². The van der Waals surface area contributed by atoms with Crippen molar-refractivity contribution in [2.45, 2.75) is 20.4 Å². The van der Waals surface area contributed by atoms with Crippen molar-refractivity contribution in [3.8, 4) is 11.5 Å². The molecule has 2 aromatic carbocycles. The van der Waals surface area contributed by atoms with Crippen molar-refractivity contribution in [3.63, 3.8) is 0 Å². The Morgan fingerprint density at radius 3 is 2.43 bits per heavy atom. The molecule has 0 aliphatic carbocycles. The number of rotatable bonds is 7. The molecule has 5 rings (SSSR count). The molecule has 3 heterocycles. The third-order valence-corrected chi connectivity index (χ3v) is 5.26. The Labute approximate surface area is 204 Å². The minimum Gasteiger partial charge on any atom is -0.353 e. The number of nitrogens with zero attached hydrogens (tertiary/aromatic N) is 5. The van der Waals surface area contributed by atoms with E-state index in [0.29, 0.717) is 23.6 Å². The fourth-order valence-corrected chi connectivity index (χ4v) is 3.59. The van der Waals surface area contributed by atoms with Gasteiger partial charge in [0.25, 0.3) is 0 Å². The van der Waals surface area contributed by atoms with E-state index >= 15 is 0 Å². The van der Waals surface area contributed by atoms with Gasteiger partial charge in [0.1, 0.15) is 11.5 Å². The van der Waals surface area contributed by atoms with Crippen LogP contribution in [0.3, 0.4) is 0 Å². The van der Waals surface area contributed by atoms with Gasteiger partial charge in [-0.3, -0.25) is 9.67 Å². The van der Waals surface area contributed by atoms with Crippen molar-refractivity contribution in [2.24, 2.45) is 4.99 Å². The molecule has 0 spiro atoms. The van der Waals surface area contributed by atoms with Gasteiger partial charge in [0.05, 0.1) is 42.6 Å². The number of anilines is 1. The van der Waals surface area contributed by atoms with Crippen LogP contribution in [0.25, 0.3) is 17.2 Å². The maximum Gasteiger partial charge on any atom is 0.180 e. The number of hydrogen-bond acceptors (Lipinski definition) is 5. The van der Waals surface area contributed by atoms with Crippen molar-refractivity contribution in [2.75, 3.05) is 11.9 Å². The van der Waals surface area contributed by atoms with Gasteiger partial charge in [-0.25, -0.2) is 14.4 Å². The highest BCUT2D eigenvalue weighted by molar-refractivity contribution is 6.09. The van der Waals surface area contributed by atoms with Gasteiger partial charge in [-0.15, -0.1) is 0 Å². The number of halogens is 1. The standard InChI is InChI=1S/C26H21FN6.C2H6/c1-18(19-8-3-2-4-9-19)31-21-15-29-26(30-16-21)24-14-25(23-12-7-13-28-23)33(32-24)17-20-10-5-6-11-22(20)27;1-2/h2-12,14-16,31H,1,13,17H2;1-2H3. The lowest BCUT2D eigenvalue weighted by atomic mass is 10.2. The second kappa shape index (κ2) is 11.2. The van der Waals surface area contributed by atoms with Crippen LogP contribution in [-0.2, 0) is 6.54 Å².